The van der Waals surface area contributed by atoms with Gasteiger partial charge >= 0.3 is 0 Å². The minimum atomic E-state index is -0.266. The molecule has 5 nitrogen and oxygen atoms in total. The van der Waals surface area contributed by atoms with Crippen molar-refractivity contribution < 1.29 is 4.39 Å². The third kappa shape index (κ3) is 3.19. The summed E-state index contributed by atoms with van der Waals surface area (Å²) in [5, 5.41) is 11.6. The van der Waals surface area contributed by atoms with Crippen LogP contribution in [0.2, 0.25) is 0 Å². The number of pyridine rings is 1. The number of nitrogens with zero attached hydrogens (tertiary/aromatic N) is 4. The first kappa shape index (κ1) is 15.3. The van der Waals surface area contributed by atoms with Gasteiger partial charge in [0, 0.05) is 17.5 Å². The van der Waals surface area contributed by atoms with E-state index < -0.39 is 0 Å². The van der Waals surface area contributed by atoms with Gasteiger partial charge in [-0.15, -0.1) is 10.2 Å². The van der Waals surface area contributed by atoms with Crippen molar-refractivity contribution in [2.24, 2.45) is 0 Å². The summed E-state index contributed by atoms with van der Waals surface area (Å²) in [6.07, 6.45) is 2.01. The van der Waals surface area contributed by atoms with E-state index in [0.717, 1.165) is 22.6 Å². The van der Waals surface area contributed by atoms with Crippen molar-refractivity contribution in [3.8, 4) is 11.3 Å². The Labute approximate surface area is 144 Å². The molecule has 0 fully saturated rings. The van der Waals surface area contributed by atoms with Crippen LogP contribution in [0.5, 0.6) is 0 Å². The van der Waals surface area contributed by atoms with Gasteiger partial charge in [-0.3, -0.25) is 0 Å². The summed E-state index contributed by atoms with van der Waals surface area (Å²) >= 11 is 0. The van der Waals surface area contributed by atoms with Gasteiger partial charge in [-0.05, 0) is 55.5 Å². The molecule has 0 spiro atoms. The van der Waals surface area contributed by atoms with Crippen molar-refractivity contribution >= 4 is 11.5 Å². The lowest BCUT2D eigenvalue weighted by Crippen LogP contribution is -2.02. The molecule has 25 heavy (non-hydrogen) atoms. The Balaban J connectivity index is 1.47. The van der Waals surface area contributed by atoms with Crippen molar-refractivity contribution in [3.05, 3.63) is 78.0 Å². The van der Waals surface area contributed by atoms with Gasteiger partial charge in [-0.1, -0.05) is 6.07 Å². The second-order valence-corrected chi connectivity index (χ2v) is 5.79. The van der Waals surface area contributed by atoms with E-state index in [4.69, 9.17) is 0 Å². The number of nitrogens with one attached hydrogen (secondary N) is 1. The molecular formula is C19H16FN5. The lowest BCUT2D eigenvalue weighted by molar-refractivity contribution is 0.628. The maximum absolute atomic E-state index is 13.0. The number of aryl methyl sites for hydroxylation is 1. The number of fused-ring (bicyclic) bond motifs is 1. The molecule has 0 aliphatic carbocycles. The number of imidazole rings is 1. The zero-order chi connectivity index (χ0) is 17.2. The Morgan fingerprint density at radius 2 is 1.84 bits per heavy atom. The van der Waals surface area contributed by atoms with Gasteiger partial charge in [0.2, 0.25) is 0 Å². The molecule has 3 aromatic heterocycles. The van der Waals surface area contributed by atoms with Crippen LogP contribution in [0.25, 0.3) is 16.9 Å². The summed E-state index contributed by atoms with van der Waals surface area (Å²) in [6, 6.07) is 15.9. The molecule has 6 heteroatoms. The summed E-state index contributed by atoms with van der Waals surface area (Å²) in [6.45, 7) is 2.61. The maximum Gasteiger partial charge on any atom is 0.149 e. The van der Waals surface area contributed by atoms with E-state index in [1.54, 1.807) is 12.1 Å². The van der Waals surface area contributed by atoms with Crippen LogP contribution < -0.4 is 5.32 Å². The lowest BCUT2D eigenvalue weighted by Gasteiger charge is -2.04. The molecule has 1 aromatic carbocycles. The Bertz CT molecular complexity index is 1010. The number of halogens is 1. The summed E-state index contributed by atoms with van der Waals surface area (Å²) in [5.41, 5.74) is 4.53. The molecule has 0 aliphatic heterocycles. The standard InChI is InChI=1S/C19H16FN5/c1-13-3-2-4-19-22-16(12-25(13)19)11-21-18-10-9-17(23-24-18)14-5-7-15(20)8-6-14/h2-10,12H,11H2,1H3,(H,21,24). The zero-order valence-electron chi connectivity index (χ0n) is 13.6. The highest BCUT2D eigenvalue weighted by molar-refractivity contribution is 5.59. The molecule has 4 rings (SSSR count). The fourth-order valence-electron chi connectivity index (χ4n) is 2.67. The van der Waals surface area contributed by atoms with Gasteiger partial charge in [-0.2, -0.15) is 0 Å². The van der Waals surface area contributed by atoms with Gasteiger partial charge in [0.05, 0.1) is 17.9 Å². The number of hydrogen-bond acceptors (Lipinski definition) is 4. The van der Waals surface area contributed by atoms with Crippen molar-refractivity contribution in [2.75, 3.05) is 5.32 Å². The van der Waals surface area contributed by atoms with Crippen LogP contribution in [0.15, 0.2) is 60.8 Å². The normalized spacial score (nSPS) is 11.0. The molecule has 4 aromatic rings. The molecule has 0 bridgehead atoms. The third-order valence-corrected chi connectivity index (χ3v) is 4.00. The topological polar surface area (TPSA) is 55.1 Å². The van der Waals surface area contributed by atoms with Crippen LogP contribution in [-0.2, 0) is 6.54 Å². The van der Waals surface area contributed by atoms with Crippen molar-refractivity contribution in [3.63, 3.8) is 0 Å². The molecule has 0 amide bonds. The number of aromatic nitrogens is 4. The molecule has 0 radical (unpaired) electrons. The van der Waals surface area contributed by atoms with Crippen LogP contribution >= 0.6 is 0 Å². The monoisotopic (exact) mass is 333 g/mol. The smallest absolute Gasteiger partial charge is 0.149 e. The molecule has 0 unspecified atom stereocenters. The van der Waals surface area contributed by atoms with E-state index in [1.807, 2.05) is 43.5 Å². The number of rotatable bonds is 4. The molecule has 124 valence electrons. The minimum Gasteiger partial charge on any atom is -0.363 e. The van der Waals surface area contributed by atoms with E-state index >= 15 is 0 Å². The summed E-state index contributed by atoms with van der Waals surface area (Å²) < 4.78 is 15.0. The van der Waals surface area contributed by atoms with Gasteiger partial charge in [0.15, 0.2) is 0 Å². The van der Waals surface area contributed by atoms with Crippen LogP contribution in [-0.4, -0.2) is 19.6 Å². The third-order valence-electron chi connectivity index (χ3n) is 4.00. The first-order valence-corrected chi connectivity index (χ1v) is 7.96. The molecule has 1 N–H and O–H groups in total. The molecule has 0 saturated heterocycles. The second-order valence-electron chi connectivity index (χ2n) is 5.79. The van der Waals surface area contributed by atoms with Gasteiger partial charge in [0.1, 0.15) is 17.3 Å². The van der Waals surface area contributed by atoms with Crippen molar-refractivity contribution in [1.29, 1.82) is 0 Å². The van der Waals surface area contributed by atoms with E-state index in [1.165, 1.54) is 12.1 Å². The molecule has 0 atom stereocenters. The number of benzene rings is 1. The van der Waals surface area contributed by atoms with Crippen molar-refractivity contribution in [2.45, 2.75) is 13.5 Å². The summed E-state index contributed by atoms with van der Waals surface area (Å²) in [5.74, 6) is 0.400. The van der Waals surface area contributed by atoms with Gasteiger partial charge < -0.3 is 9.72 Å². The Morgan fingerprint density at radius 1 is 1.00 bits per heavy atom. The van der Waals surface area contributed by atoms with Crippen molar-refractivity contribution in [1.82, 2.24) is 19.6 Å². The van der Waals surface area contributed by atoms with E-state index in [2.05, 4.69) is 24.9 Å². The minimum absolute atomic E-state index is 0.266. The average molecular weight is 333 g/mol. The first-order chi connectivity index (χ1) is 12.2. The van der Waals surface area contributed by atoms with E-state index in [-0.39, 0.29) is 5.82 Å². The van der Waals surface area contributed by atoms with E-state index in [0.29, 0.717) is 18.1 Å². The summed E-state index contributed by atoms with van der Waals surface area (Å²) in [7, 11) is 0. The van der Waals surface area contributed by atoms with Crippen LogP contribution in [0.1, 0.15) is 11.4 Å². The first-order valence-electron chi connectivity index (χ1n) is 7.96. The van der Waals surface area contributed by atoms with E-state index in [9.17, 15) is 4.39 Å². The lowest BCUT2D eigenvalue weighted by atomic mass is 10.1. The fourth-order valence-corrected chi connectivity index (χ4v) is 2.67. The van der Waals surface area contributed by atoms with Crippen LogP contribution in [0.4, 0.5) is 10.2 Å². The largest absolute Gasteiger partial charge is 0.363 e. The maximum atomic E-state index is 13.0. The Hall–Kier alpha value is -3.28. The second kappa shape index (κ2) is 6.32. The highest BCUT2D eigenvalue weighted by atomic mass is 19.1. The molecule has 0 saturated carbocycles. The Morgan fingerprint density at radius 3 is 2.56 bits per heavy atom. The predicted octanol–water partition coefficient (Wildman–Crippen LogP) is 3.85. The fraction of sp³-hybridized carbons (Fsp3) is 0.105. The highest BCUT2D eigenvalue weighted by Crippen LogP contribution is 2.17. The molecular weight excluding hydrogens is 317 g/mol. The Kier molecular flexibility index (Phi) is 3.85. The SMILES string of the molecule is Cc1cccc2nc(CNc3ccc(-c4ccc(F)cc4)nn3)cn12. The van der Waals surface area contributed by atoms with Crippen LogP contribution in [0.3, 0.4) is 0 Å². The van der Waals surface area contributed by atoms with Gasteiger partial charge in [0.25, 0.3) is 0 Å². The van der Waals surface area contributed by atoms with Crippen LogP contribution in [0, 0.1) is 12.7 Å². The molecule has 3 heterocycles. The average Bonchev–Trinajstić information content (AvgIpc) is 3.06. The predicted molar refractivity (Wildman–Crippen MR) is 94.7 cm³/mol. The number of hydrogen-bond donors (Lipinski definition) is 1. The number of anilines is 1. The highest BCUT2D eigenvalue weighted by Gasteiger charge is 2.05. The quantitative estimate of drug-likeness (QED) is 0.616. The summed E-state index contributed by atoms with van der Waals surface area (Å²) in [4.78, 5) is 4.58. The van der Waals surface area contributed by atoms with Gasteiger partial charge in [-0.25, -0.2) is 9.37 Å². The molecule has 0 aliphatic rings. The zero-order valence-corrected chi connectivity index (χ0v) is 13.6.